The summed E-state index contributed by atoms with van der Waals surface area (Å²) < 4.78 is 67.0. The van der Waals surface area contributed by atoms with Gasteiger partial charge in [0.15, 0.2) is 5.69 Å². The Morgan fingerprint density at radius 1 is 1.31 bits per heavy atom. The summed E-state index contributed by atoms with van der Waals surface area (Å²) in [4.78, 5) is 22.0. The highest BCUT2D eigenvalue weighted by atomic mass is 32.2. The van der Waals surface area contributed by atoms with E-state index < -0.39 is 38.7 Å². The number of carbonyl (C=O) groups is 2. The number of fused-ring (bicyclic) bond motifs is 1. The van der Waals surface area contributed by atoms with E-state index in [1.807, 2.05) is 0 Å². The van der Waals surface area contributed by atoms with Crippen LogP contribution in [0.5, 0.6) is 0 Å². The van der Waals surface area contributed by atoms with Crippen LogP contribution in [-0.2, 0) is 25.9 Å². The number of carbonyl (C=O) groups excluding carboxylic acids is 1. The maximum atomic E-state index is 12.7. The van der Waals surface area contributed by atoms with E-state index in [-0.39, 0.29) is 28.9 Å². The highest BCUT2D eigenvalue weighted by Gasteiger charge is 2.47. The van der Waals surface area contributed by atoms with Gasteiger partial charge in [-0.3, -0.25) is 4.79 Å². The van der Waals surface area contributed by atoms with Crippen LogP contribution in [0.3, 0.4) is 0 Å². The van der Waals surface area contributed by atoms with Gasteiger partial charge >= 0.3 is 17.4 Å². The molecular formula is C14H13F3N2O6S. The van der Waals surface area contributed by atoms with Gasteiger partial charge in [0.25, 0.3) is 9.84 Å². The molecule has 2 rings (SSSR count). The van der Waals surface area contributed by atoms with E-state index in [1.165, 1.54) is 6.92 Å². The molecule has 0 aliphatic rings. The average molecular weight is 394 g/mol. The van der Waals surface area contributed by atoms with Crippen molar-refractivity contribution in [2.45, 2.75) is 23.9 Å². The normalized spacial score (nSPS) is 12.3. The minimum absolute atomic E-state index is 0.0194. The molecule has 12 heteroatoms. The van der Waals surface area contributed by atoms with Crippen LogP contribution in [0.1, 0.15) is 17.4 Å². The van der Waals surface area contributed by atoms with Crippen molar-refractivity contribution in [3.63, 3.8) is 0 Å². The first kappa shape index (κ1) is 19.6. The number of nitrogens with two attached hydrogens (primary N) is 1. The van der Waals surface area contributed by atoms with Crippen LogP contribution in [-0.4, -0.2) is 42.1 Å². The second-order valence-corrected chi connectivity index (χ2v) is 7.03. The van der Waals surface area contributed by atoms with Crippen molar-refractivity contribution in [2.24, 2.45) is 0 Å². The number of halogens is 3. The van der Waals surface area contributed by atoms with Crippen molar-refractivity contribution in [1.29, 1.82) is 0 Å². The number of esters is 1. The number of hydrogen-bond donors (Lipinski definition) is 2. The van der Waals surface area contributed by atoms with Crippen molar-refractivity contribution >= 4 is 38.4 Å². The molecule has 8 nitrogen and oxygen atoms in total. The first-order chi connectivity index (χ1) is 11.9. The Morgan fingerprint density at radius 3 is 2.42 bits per heavy atom. The van der Waals surface area contributed by atoms with Gasteiger partial charge in [0.05, 0.1) is 22.7 Å². The van der Waals surface area contributed by atoms with Gasteiger partial charge in [0.2, 0.25) is 0 Å². The minimum Gasteiger partial charge on any atom is -0.480 e. The Balaban J connectivity index is 2.80. The lowest BCUT2D eigenvalue weighted by atomic mass is 10.2. The first-order valence-electron chi connectivity index (χ1n) is 7.03. The Kier molecular flexibility index (Phi) is 4.90. The molecule has 1 aromatic carbocycles. The third-order valence-electron chi connectivity index (χ3n) is 3.45. The van der Waals surface area contributed by atoms with Crippen molar-refractivity contribution in [3.05, 3.63) is 23.9 Å². The minimum atomic E-state index is -5.64. The number of alkyl halides is 3. The summed E-state index contributed by atoms with van der Waals surface area (Å²) >= 11 is 0. The molecule has 142 valence electrons. The highest BCUT2D eigenvalue weighted by Crippen LogP contribution is 2.35. The number of anilines is 1. The lowest BCUT2D eigenvalue weighted by Gasteiger charge is -2.09. The number of rotatable bonds is 5. The van der Waals surface area contributed by atoms with Gasteiger partial charge in [-0.05, 0) is 25.1 Å². The quantitative estimate of drug-likeness (QED) is 0.740. The molecule has 26 heavy (non-hydrogen) atoms. The zero-order valence-corrected chi connectivity index (χ0v) is 14.0. The lowest BCUT2D eigenvalue weighted by Crippen LogP contribution is -2.23. The van der Waals surface area contributed by atoms with E-state index in [4.69, 9.17) is 15.6 Å². The molecule has 3 N–H and O–H groups in total. The first-order valence-corrected chi connectivity index (χ1v) is 8.52. The fourth-order valence-corrected chi connectivity index (χ4v) is 3.17. The summed E-state index contributed by atoms with van der Waals surface area (Å²) in [6, 6.07) is 2.27. The van der Waals surface area contributed by atoms with Gasteiger partial charge in [0.1, 0.15) is 6.54 Å². The Morgan fingerprint density at radius 2 is 1.92 bits per heavy atom. The number of benzene rings is 1. The standard InChI is InChI=1S/C14H13F3N2O6S/c1-2-25-13(22)12-11(18)8-5-7(26(23,24)14(15,16)17)3-4-9(8)19(12)6-10(20)21/h3-5H,2,6,18H2,1H3,(H,20,21). The van der Waals surface area contributed by atoms with Crippen LogP contribution in [0.15, 0.2) is 23.1 Å². The molecule has 0 saturated heterocycles. The SMILES string of the molecule is CCOC(=O)c1c(N)c2cc(S(=O)(=O)C(F)(F)F)ccc2n1CC(=O)O. The molecule has 0 atom stereocenters. The van der Waals surface area contributed by atoms with Gasteiger partial charge in [-0.1, -0.05) is 0 Å². The third-order valence-corrected chi connectivity index (χ3v) is 4.94. The number of ether oxygens (including phenoxy) is 1. The van der Waals surface area contributed by atoms with Crippen LogP contribution in [0, 0.1) is 0 Å². The monoisotopic (exact) mass is 394 g/mol. The number of sulfone groups is 1. The topological polar surface area (TPSA) is 129 Å². The van der Waals surface area contributed by atoms with Crippen LogP contribution >= 0.6 is 0 Å². The number of aromatic nitrogens is 1. The average Bonchev–Trinajstić information content (AvgIpc) is 2.78. The molecular weight excluding hydrogens is 381 g/mol. The van der Waals surface area contributed by atoms with E-state index in [1.54, 1.807) is 0 Å². The summed E-state index contributed by atoms with van der Waals surface area (Å²) in [6.45, 7) is 0.708. The van der Waals surface area contributed by atoms with Crippen molar-refractivity contribution in [3.8, 4) is 0 Å². The highest BCUT2D eigenvalue weighted by molar-refractivity contribution is 7.92. The molecule has 0 spiro atoms. The number of nitrogen functional groups attached to an aromatic ring is 1. The van der Waals surface area contributed by atoms with Crippen molar-refractivity contribution in [1.82, 2.24) is 4.57 Å². The molecule has 0 bridgehead atoms. The second-order valence-electron chi connectivity index (χ2n) is 5.09. The summed E-state index contributed by atoms with van der Waals surface area (Å²) in [5, 5.41) is 8.80. The van der Waals surface area contributed by atoms with Gasteiger partial charge in [0, 0.05) is 5.39 Å². The van der Waals surface area contributed by atoms with E-state index >= 15 is 0 Å². The number of nitrogens with zero attached hydrogens (tertiary/aromatic N) is 1. The third kappa shape index (κ3) is 3.19. The fraction of sp³-hybridized carbons (Fsp3) is 0.286. The smallest absolute Gasteiger partial charge is 0.480 e. The Bertz CT molecular complexity index is 994. The molecule has 0 aliphatic carbocycles. The molecule has 0 unspecified atom stereocenters. The van der Waals surface area contributed by atoms with Crippen LogP contribution in [0.4, 0.5) is 18.9 Å². The van der Waals surface area contributed by atoms with E-state index in [2.05, 4.69) is 0 Å². The Hall–Kier alpha value is -2.76. The van der Waals surface area contributed by atoms with Gasteiger partial charge < -0.3 is 20.1 Å². The van der Waals surface area contributed by atoms with Gasteiger partial charge in [-0.15, -0.1) is 0 Å². The predicted molar refractivity (Wildman–Crippen MR) is 83.2 cm³/mol. The summed E-state index contributed by atoms with van der Waals surface area (Å²) in [6.07, 6.45) is 0. The summed E-state index contributed by atoms with van der Waals surface area (Å²) in [5.41, 5.74) is -0.526. The molecule has 0 saturated carbocycles. The van der Waals surface area contributed by atoms with Gasteiger partial charge in [-0.2, -0.15) is 13.2 Å². The maximum Gasteiger partial charge on any atom is 0.501 e. The van der Waals surface area contributed by atoms with Crippen LogP contribution in [0.2, 0.25) is 0 Å². The zero-order valence-electron chi connectivity index (χ0n) is 13.2. The predicted octanol–water partition coefficient (Wildman–Crippen LogP) is 1.78. The van der Waals surface area contributed by atoms with E-state index in [0.717, 1.165) is 10.6 Å². The summed E-state index contributed by atoms with van der Waals surface area (Å²) in [7, 11) is -5.64. The molecule has 1 heterocycles. The molecule has 0 aliphatic heterocycles. The molecule has 0 radical (unpaired) electrons. The van der Waals surface area contributed by atoms with Crippen LogP contribution < -0.4 is 5.73 Å². The largest absolute Gasteiger partial charge is 0.501 e. The second kappa shape index (κ2) is 6.52. The number of carboxylic acids is 1. The van der Waals surface area contributed by atoms with Crippen molar-refractivity contribution in [2.75, 3.05) is 12.3 Å². The number of aliphatic carboxylic acids is 1. The van der Waals surface area contributed by atoms with E-state index in [0.29, 0.717) is 12.1 Å². The molecule has 0 amide bonds. The Labute approximate surface area is 144 Å². The lowest BCUT2D eigenvalue weighted by molar-refractivity contribution is -0.137. The number of carboxylic acid groups (broad SMARTS) is 1. The van der Waals surface area contributed by atoms with Gasteiger partial charge in [-0.25, -0.2) is 13.2 Å². The number of hydrogen-bond acceptors (Lipinski definition) is 6. The molecule has 1 aromatic heterocycles. The van der Waals surface area contributed by atoms with Crippen molar-refractivity contribution < 1.29 is 41.0 Å². The summed E-state index contributed by atoms with van der Waals surface area (Å²) in [5.74, 6) is -2.33. The molecule has 2 aromatic rings. The maximum absolute atomic E-state index is 12.7. The van der Waals surface area contributed by atoms with E-state index in [9.17, 15) is 31.2 Å². The molecule has 0 fully saturated rings. The zero-order chi connectivity index (χ0) is 19.9. The fourth-order valence-electron chi connectivity index (χ4n) is 2.38. The van der Waals surface area contributed by atoms with Crippen LogP contribution in [0.25, 0.3) is 10.9 Å².